The monoisotopic (exact) mass is 373 g/mol. The molecule has 0 aliphatic carbocycles. The summed E-state index contributed by atoms with van der Waals surface area (Å²) in [5.74, 6) is 0.748. The van der Waals surface area contributed by atoms with E-state index in [9.17, 15) is 9.59 Å². The summed E-state index contributed by atoms with van der Waals surface area (Å²) in [6.07, 6.45) is 1.41. The third kappa shape index (κ3) is 3.28. The summed E-state index contributed by atoms with van der Waals surface area (Å²) in [5, 5.41) is 3.33. The van der Waals surface area contributed by atoms with E-state index in [1.165, 1.54) is 29.3 Å². The van der Waals surface area contributed by atoms with Crippen molar-refractivity contribution in [2.75, 3.05) is 19.5 Å². The number of thiophene rings is 1. The lowest BCUT2D eigenvalue weighted by atomic mass is 10.2. The largest absolute Gasteiger partial charge is 0.497 e. The molecule has 7 nitrogen and oxygen atoms in total. The van der Waals surface area contributed by atoms with E-state index in [0.717, 1.165) is 10.4 Å². The SMILES string of the molecule is COc1ccc(NC(=O)Cn2cnc3sc(C)c(C)c3c2=O)c(OC)c1. The van der Waals surface area contributed by atoms with Crippen LogP contribution in [0.25, 0.3) is 10.2 Å². The van der Waals surface area contributed by atoms with Gasteiger partial charge in [0.05, 0.1) is 31.6 Å². The Balaban J connectivity index is 1.85. The standard InChI is InChI=1S/C18H19N3O4S/c1-10-11(2)26-17-16(10)18(23)21(9-19-17)8-15(22)20-13-6-5-12(24-3)7-14(13)25-4/h5-7,9H,8H2,1-4H3,(H,20,22). The van der Waals surface area contributed by atoms with Crippen LogP contribution in [0.1, 0.15) is 10.4 Å². The van der Waals surface area contributed by atoms with Crippen LogP contribution in [-0.2, 0) is 11.3 Å². The molecule has 0 unspecified atom stereocenters. The zero-order valence-electron chi connectivity index (χ0n) is 15.0. The van der Waals surface area contributed by atoms with Crippen molar-refractivity contribution in [3.05, 3.63) is 45.3 Å². The van der Waals surface area contributed by atoms with E-state index < -0.39 is 0 Å². The number of fused-ring (bicyclic) bond motifs is 1. The summed E-state index contributed by atoms with van der Waals surface area (Å²) in [7, 11) is 3.06. The molecule has 0 spiro atoms. The second-order valence-corrected chi connectivity index (χ2v) is 6.96. The predicted octanol–water partition coefficient (Wildman–Crippen LogP) is 2.73. The molecular formula is C18H19N3O4S. The second kappa shape index (κ2) is 7.17. The molecule has 2 aromatic heterocycles. The van der Waals surface area contributed by atoms with Crippen LogP contribution >= 0.6 is 11.3 Å². The molecule has 1 amide bonds. The number of anilines is 1. The quantitative estimate of drug-likeness (QED) is 0.744. The second-order valence-electron chi connectivity index (χ2n) is 5.76. The number of aryl methyl sites for hydroxylation is 2. The maximum atomic E-state index is 12.7. The number of carbonyl (C=O) groups excluding carboxylic acids is 1. The van der Waals surface area contributed by atoms with E-state index in [0.29, 0.717) is 27.4 Å². The van der Waals surface area contributed by atoms with Crippen molar-refractivity contribution in [2.45, 2.75) is 20.4 Å². The van der Waals surface area contributed by atoms with Crippen LogP contribution in [0.15, 0.2) is 29.3 Å². The van der Waals surface area contributed by atoms with Crippen LogP contribution in [0.5, 0.6) is 11.5 Å². The van der Waals surface area contributed by atoms with Gasteiger partial charge in [-0.3, -0.25) is 14.2 Å². The number of hydrogen-bond donors (Lipinski definition) is 1. The molecule has 3 rings (SSSR count). The number of nitrogens with one attached hydrogen (secondary N) is 1. The lowest BCUT2D eigenvalue weighted by Crippen LogP contribution is -2.28. The number of rotatable bonds is 5. The molecule has 3 aromatic rings. The fraction of sp³-hybridized carbons (Fsp3) is 0.278. The summed E-state index contributed by atoms with van der Waals surface area (Å²) in [6.45, 7) is 3.71. The molecular weight excluding hydrogens is 354 g/mol. The molecule has 0 bridgehead atoms. The molecule has 0 radical (unpaired) electrons. The van der Waals surface area contributed by atoms with Gasteiger partial charge in [-0.25, -0.2) is 4.98 Å². The van der Waals surface area contributed by atoms with E-state index in [1.54, 1.807) is 25.3 Å². The van der Waals surface area contributed by atoms with Gasteiger partial charge in [0.1, 0.15) is 22.9 Å². The highest BCUT2D eigenvalue weighted by atomic mass is 32.1. The molecule has 8 heteroatoms. The molecule has 136 valence electrons. The van der Waals surface area contributed by atoms with Gasteiger partial charge in [0.25, 0.3) is 5.56 Å². The van der Waals surface area contributed by atoms with Crippen molar-refractivity contribution in [2.24, 2.45) is 0 Å². The average molecular weight is 373 g/mol. The van der Waals surface area contributed by atoms with Crippen molar-refractivity contribution in [3.8, 4) is 11.5 Å². The normalized spacial score (nSPS) is 10.8. The number of aromatic nitrogens is 2. The minimum atomic E-state index is -0.346. The van der Waals surface area contributed by atoms with Crippen molar-refractivity contribution >= 4 is 33.1 Å². The predicted molar refractivity (Wildman–Crippen MR) is 102 cm³/mol. The van der Waals surface area contributed by atoms with Gasteiger partial charge in [-0.15, -0.1) is 11.3 Å². The van der Waals surface area contributed by atoms with Gasteiger partial charge in [0.2, 0.25) is 5.91 Å². The molecule has 0 saturated heterocycles. The number of methoxy groups -OCH3 is 2. The Morgan fingerprint density at radius 2 is 2.04 bits per heavy atom. The first-order valence-electron chi connectivity index (χ1n) is 7.91. The Labute approximate surface area is 154 Å². The van der Waals surface area contributed by atoms with Gasteiger partial charge >= 0.3 is 0 Å². The van der Waals surface area contributed by atoms with E-state index in [-0.39, 0.29) is 18.0 Å². The zero-order valence-corrected chi connectivity index (χ0v) is 15.8. The molecule has 2 heterocycles. The first-order valence-corrected chi connectivity index (χ1v) is 8.73. The summed E-state index contributed by atoms with van der Waals surface area (Å²) in [4.78, 5) is 31.1. The molecule has 1 N–H and O–H groups in total. The van der Waals surface area contributed by atoms with Crippen molar-refractivity contribution < 1.29 is 14.3 Å². The van der Waals surface area contributed by atoms with Crippen LogP contribution in [0.3, 0.4) is 0 Å². The highest BCUT2D eigenvalue weighted by Gasteiger charge is 2.15. The summed E-state index contributed by atoms with van der Waals surface area (Å²) >= 11 is 1.48. The number of ether oxygens (including phenoxy) is 2. The first-order chi connectivity index (χ1) is 12.4. The number of benzene rings is 1. The zero-order chi connectivity index (χ0) is 18.8. The van der Waals surface area contributed by atoms with Gasteiger partial charge in [-0.05, 0) is 31.5 Å². The fourth-order valence-electron chi connectivity index (χ4n) is 2.63. The Morgan fingerprint density at radius 3 is 2.73 bits per heavy atom. The smallest absolute Gasteiger partial charge is 0.262 e. The maximum Gasteiger partial charge on any atom is 0.262 e. The van der Waals surface area contributed by atoms with Gasteiger partial charge in [-0.1, -0.05) is 0 Å². The first kappa shape index (κ1) is 17.9. The highest BCUT2D eigenvalue weighted by molar-refractivity contribution is 7.18. The van der Waals surface area contributed by atoms with Gasteiger partial charge < -0.3 is 14.8 Å². The fourth-order valence-corrected chi connectivity index (χ4v) is 3.62. The molecule has 0 fully saturated rings. The minimum absolute atomic E-state index is 0.134. The number of hydrogen-bond acceptors (Lipinski definition) is 6. The van der Waals surface area contributed by atoms with Crippen LogP contribution in [0.2, 0.25) is 0 Å². The van der Waals surface area contributed by atoms with E-state index >= 15 is 0 Å². The van der Waals surface area contributed by atoms with Crippen LogP contribution in [0, 0.1) is 13.8 Å². The summed E-state index contributed by atoms with van der Waals surface area (Å²) in [6, 6.07) is 5.08. The van der Waals surface area contributed by atoms with Crippen LogP contribution < -0.4 is 20.3 Å². The number of amides is 1. The Kier molecular flexibility index (Phi) is 4.94. The number of nitrogens with zero attached hydrogens (tertiary/aromatic N) is 2. The molecule has 0 aliphatic heterocycles. The van der Waals surface area contributed by atoms with Crippen molar-refractivity contribution in [3.63, 3.8) is 0 Å². The summed E-state index contributed by atoms with van der Waals surface area (Å²) < 4.78 is 11.7. The highest BCUT2D eigenvalue weighted by Crippen LogP contribution is 2.29. The van der Waals surface area contributed by atoms with Crippen molar-refractivity contribution in [1.29, 1.82) is 0 Å². The third-order valence-corrected chi connectivity index (χ3v) is 5.27. The molecule has 0 aliphatic rings. The Bertz CT molecular complexity index is 1040. The third-order valence-electron chi connectivity index (χ3n) is 4.15. The van der Waals surface area contributed by atoms with Crippen LogP contribution in [0.4, 0.5) is 5.69 Å². The van der Waals surface area contributed by atoms with Crippen LogP contribution in [-0.4, -0.2) is 29.7 Å². The van der Waals surface area contributed by atoms with Crippen molar-refractivity contribution in [1.82, 2.24) is 9.55 Å². The minimum Gasteiger partial charge on any atom is -0.497 e. The molecule has 26 heavy (non-hydrogen) atoms. The Morgan fingerprint density at radius 1 is 1.27 bits per heavy atom. The molecule has 0 saturated carbocycles. The van der Waals surface area contributed by atoms with Gasteiger partial charge in [-0.2, -0.15) is 0 Å². The van der Waals surface area contributed by atoms with E-state index in [2.05, 4.69) is 10.3 Å². The lowest BCUT2D eigenvalue weighted by molar-refractivity contribution is -0.116. The maximum absolute atomic E-state index is 12.7. The molecule has 0 atom stereocenters. The lowest BCUT2D eigenvalue weighted by Gasteiger charge is -2.12. The number of carbonyl (C=O) groups is 1. The topological polar surface area (TPSA) is 82.5 Å². The summed E-state index contributed by atoms with van der Waals surface area (Å²) in [5.41, 5.74) is 1.20. The molecule has 1 aromatic carbocycles. The van der Waals surface area contributed by atoms with Gasteiger partial charge in [0.15, 0.2) is 0 Å². The average Bonchev–Trinajstić information content (AvgIpc) is 2.92. The van der Waals surface area contributed by atoms with E-state index in [1.807, 2.05) is 13.8 Å². The van der Waals surface area contributed by atoms with Gasteiger partial charge in [0, 0.05) is 10.9 Å². The Hall–Kier alpha value is -2.87. The van der Waals surface area contributed by atoms with E-state index in [4.69, 9.17) is 9.47 Å².